The van der Waals surface area contributed by atoms with Gasteiger partial charge in [0.25, 0.3) is 10.0 Å². The highest BCUT2D eigenvalue weighted by molar-refractivity contribution is 9.10. The van der Waals surface area contributed by atoms with Crippen molar-refractivity contribution in [3.8, 4) is 0 Å². The fourth-order valence-electron chi connectivity index (χ4n) is 5.24. The van der Waals surface area contributed by atoms with Crippen LogP contribution >= 0.6 is 15.9 Å². The van der Waals surface area contributed by atoms with Crippen LogP contribution < -0.4 is 9.62 Å². The molecule has 0 spiro atoms. The Morgan fingerprint density at radius 1 is 0.804 bits per heavy atom. The van der Waals surface area contributed by atoms with E-state index in [1.54, 1.807) is 36.4 Å². The second kappa shape index (κ2) is 15.6. The van der Waals surface area contributed by atoms with E-state index in [1.807, 2.05) is 95.3 Å². The van der Waals surface area contributed by atoms with Crippen LogP contribution in [-0.2, 0) is 32.6 Å². The molecule has 2 unspecified atom stereocenters. The highest BCUT2D eigenvalue weighted by atomic mass is 79.9. The predicted molar refractivity (Wildman–Crippen MR) is 188 cm³/mol. The number of nitrogens with one attached hydrogen (secondary N) is 1. The Labute approximate surface area is 281 Å². The number of hydrogen-bond acceptors (Lipinski definition) is 4. The SMILES string of the molecule is CCC(C)NC(=O)C(Cc1ccccc1)N(Cc1ccc(Br)cc1)C(=O)CN(c1cc(C)cc(C)c1)S(=O)(=O)c1ccc(C)cc1. The van der Waals surface area contributed by atoms with E-state index in [0.29, 0.717) is 5.69 Å². The first-order valence-corrected chi connectivity index (χ1v) is 17.7. The van der Waals surface area contributed by atoms with Crippen LogP contribution in [0.3, 0.4) is 0 Å². The molecule has 0 bridgehead atoms. The third kappa shape index (κ3) is 9.07. The van der Waals surface area contributed by atoms with Gasteiger partial charge in [0.1, 0.15) is 12.6 Å². The number of carbonyl (C=O) groups is 2. The molecule has 4 aromatic rings. The van der Waals surface area contributed by atoms with Gasteiger partial charge in [-0.1, -0.05) is 89.1 Å². The molecule has 0 aliphatic heterocycles. The molecule has 2 amide bonds. The van der Waals surface area contributed by atoms with Gasteiger partial charge in [0, 0.05) is 23.5 Å². The summed E-state index contributed by atoms with van der Waals surface area (Å²) in [5.41, 5.74) is 4.74. The minimum absolute atomic E-state index is 0.0832. The van der Waals surface area contributed by atoms with Crippen molar-refractivity contribution in [2.45, 2.75) is 71.0 Å². The van der Waals surface area contributed by atoms with Crippen molar-refractivity contribution in [3.63, 3.8) is 0 Å². The van der Waals surface area contributed by atoms with Crippen molar-refractivity contribution >= 4 is 43.5 Å². The first-order chi connectivity index (χ1) is 21.9. The molecule has 1 N–H and O–H groups in total. The lowest BCUT2D eigenvalue weighted by molar-refractivity contribution is -0.140. The third-order valence-corrected chi connectivity index (χ3v) is 10.2. The Balaban J connectivity index is 1.83. The maximum absolute atomic E-state index is 14.6. The standard InChI is InChI=1S/C37H42BrN3O4S/c1-6-29(5)39-37(43)35(23-30-10-8-7-9-11-30)40(24-31-14-16-32(38)17-15-31)36(42)25-41(33-21-27(3)20-28(4)22-33)46(44,45)34-18-12-26(2)13-19-34/h7-22,29,35H,6,23-25H2,1-5H3,(H,39,43). The van der Waals surface area contributed by atoms with Crippen LogP contribution in [0.5, 0.6) is 0 Å². The van der Waals surface area contributed by atoms with Crippen LogP contribution in [0.2, 0.25) is 0 Å². The van der Waals surface area contributed by atoms with E-state index in [-0.39, 0.29) is 29.8 Å². The molecule has 0 radical (unpaired) electrons. The number of rotatable bonds is 13. The smallest absolute Gasteiger partial charge is 0.264 e. The maximum atomic E-state index is 14.6. The summed E-state index contributed by atoms with van der Waals surface area (Å²) >= 11 is 3.47. The second-order valence-corrected chi connectivity index (χ2v) is 14.6. The van der Waals surface area contributed by atoms with Crippen molar-refractivity contribution in [2.24, 2.45) is 0 Å². The number of hydrogen-bond donors (Lipinski definition) is 1. The topological polar surface area (TPSA) is 86.8 Å². The summed E-state index contributed by atoms with van der Waals surface area (Å²) in [5.74, 6) is -0.777. The molecule has 0 aliphatic carbocycles. The quantitative estimate of drug-likeness (QED) is 0.161. The Bertz CT molecular complexity index is 1720. The van der Waals surface area contributed by atoms with Gasteiger partial charge in [0.2, 0.25) is 11.8 Å². The molecule has 7 nitrogen and oxygen atoms in total. The molecule has 0 saturated carbocycles. The minimum Gasteiger partial charge on any atom is -0.352 e. The molecule has 4 rings (SSSR count). The molecule has 46 heavy (non-hydrogen) atoms. The van der Waals surface area contributed by atoms with Gasteiger partial charge in [-0.05, 0) is 92.8 Å². The van der Waals surface area contributed by atoms with Crippen molar-refractivity contribution in [1.29, 1.82) is 0 Å². The van der Waals surface area contributed by atoms with E-state index < -0.39 is 28.5 Å². The first kappa shape index (κ1) is 34.9. The number of amides is 2. The highest BCUT2D eigenvalue weighted by Gasteiger charge is 2.35. The third-order valence-electron chi connectivity index (χ3n) is 7.92. The van der Waals surface area contributed by atoms with E-state index in [4.69, 9.17) is 0 Å². The lowest BCUT2D eigenvalue weighted by Crippen LogP contribution is -2.54. The zero-order valence-electron chi connectivity index (χ0n) is 27.0. The van der Waals surface area contributed by atoms with Crippen molar-refractivity contribution in [3.05, 3.63) is 129 Å². The maximum Gasteiger partial charge on any atom is 0.264 e. The van der Waals surface area contributed by atoms with Gasteiger partial charge in [0.05, 0.1) is 10.6 Å². The zero-order valence-corrected chi connectivity index (χ0v) is 29.4. The molecule has 0 heterocycles. The fraction of sp³-hybridized carbons (Fsp3) is 0.297. The number of carbonyl (C=O) groups excluding carboxylic acids is 2. The average molecular weight is 705 g/mol. The summed E-state index contributed by atoms with van der Waals surface area (Å²) in [6, 6.07) is 28.2. The van der Waals surface area contributed by atoms with Gasteiger partial charge in [-0.2, -0.15) is 0 Å². The molecular formula is C37H42BrN3O4S. The minimum atomic E-state index is -4.16. The van der Waals surface area contributed by atoms with Crippen LogP contribution in [0.4, 0.5) is 5.69 Å². The molecule has 0 fully saturated rings. The van der Waals surface area contributed by atoms with Gasteiger partial charge in [-0.15, -0.1) is 0 Å². The van der Waals surface area contributed by atoms with Gasteiger partial charge in [-0.25, -0.2) is 8.42 Å². The largest absolute Gasteiger partial charge is 0.352 e. The van der Waals surface area contributed by atoms with Gasteiger partial charge >= 0.3 is 0 Å². The molecule has 0 saturated heterocycles. The van der Waals surface area contributed by atoms with E-state index >= 15 is 0 Å². The summed E-state index contributed by atoms with van der Waals surface area (Å²) < 4.78 is 30.6. The molecule has 2 atom stereocenters. The van der Waals surface area contributed by atoms with Gasteiger partial charge in [0.15, 0.2) is 0 Å². The highest BCUT2D eigenvalue weighted by Crippen LogP contribution is 2.27. The average Bonchev–Trinajstić information content (AvgIpc) is 3.02. The van der Waals surface area contributed by atoms with Gasteiger partial charge < -0.3 is 10.2 Å². The lowest BCUT2D eigenvalue weighted by Gasteiger charge is -2.34. The second-order valence-electron chi connectivity index (χ2n) is 11.8. The first-order valence-electron chi connectivity index (χ1n) is 15.4. The zero-order chi connectivity index (χ0) is 33.4. The molecule has 4 aromatic carbocycles. The number of aryl methyl sites for hydroxylation is 3. The molecule has 0 aromatic heterocycles. The number of nitrogens with zero attached hydrogens (tertiary/aromatic N) is 2. The van der Waals surface area contributed by atoms with E-state index in [1.165, 1.54) is 9.21 Å². The van der Waals surface area contributed by atoms with Crippen molar-refractivity contribution < 1.29 is 18.0 Å². The van der Waals surface area contributed by atoms with Crippen LogP contribution in [0.15, 0.2) is 106 Å². The van der Waals surface area contributed by atoms with E-state index in [0.717, 1.165) is 38.7 Å². The predicted octanol–water partition coefficient (Wildman–Crippen LogP) is 7.12. The summed E-state index contributed by atoms with van der Waals surface area (Å²) in [6.07, 6.45) is 0.985. The number of anilines is 1. The molecule has 0 aliphatic rings. The number of sulfonamides is 1. The summed E-state index contributed by atoms with van der Waals surface area (Å²) in [7, 11) is -4.16. The van der Waals surface area contributed by atoms with Crippen LogP contribution in [-0.4, -0.2) is 43.8 Å². The van der Waals surface area contributed by atoms with Crippen LogP contribution in [0, 0.1) is 20.8 Å². The summed E-state index contributed by atoms with van der Waals surface area (Å²) in [4.78, 5) is 30.2. The summed E-state index contributed by atoms with van der Waals surface area (Å²) in [6.45, 7) is 9.21. The molecular weight excluding hydrogens is 662 g/mol. The Morgan fingerprint density at radius 2 is 1.41 bits per heavy atom. The van der Waals surface area contributed by atoms with Crippen LogP contribution in [0.25, 0.3) is 0 Å². The summed E-state index contributed by atoms with van der Waals surface area (Å²) in [5, 5.41) is 3.07. The van der Waals surface area contributed by atoms with Crippen molar-refractivity contribution in [2.75, 3.05) is 10.8 Å². The normalized spacial score (nSPS) is 12.7. The fourth-order valence-corrected chi connectivity index (χ4v) is 6.90. The number of benzene rings is 4. The Kier molecular flexibility index (Phi) is 11.8. The number of halogens is 1. The molecule has 242 valence electrons. The van der Waals surface area contributed by atoms with E-state index in [2.05, 4.69) is 21.2 Å². The Morgan fingerprint density at radius 3 is 2.00 bits per heavy atom. The Hall–Kier alpha value is -3.95. The van der Waals surface area contributed by atoms with Crippen molar-refractivity contribution in [1.82, 2.24) is 10.2 Å². The lowest BCUT2D eigenvalue weighted by atomic mass is 10.0. The monoisotopic (exact) mass is 703 g/mol. The van der Waals surface area contributed by atoms with E-state index in [9.17, 15) is 18.0 Å². The van der Waals surface area contributed by atoms with Gasteiger partial charge in [-0.3, -0.25) is 13.9 Å². The molecule has 9 heteroatoms. The van der Waals surface area contributed by atoms with Crippen LogP contribution in [0.1, 0.15) is 48.1 Å².